The number of thiophene rings is 1. The van der Waals surface area contributed by atoms with Crippen LogP contribution in [0.3, 0.4) is 0 Å². The van der Waals surface area contributed by atoms with E-state index in [1.54, 1.807) is 5.06 Å². The van der Waals surface area contributed by atoms with Gasteiger partial charge in [0.1, 0.15) is 12.0 Å². The van der Waals surface area contributed by atoms with E-state index in [1.807, 2.05) is 47.8 Å². The van der Waals surface area contributed by atoms with Gasteiger partial charge in [0.05, 0.1) is 16.3 Å². The lowest BCUT2D eigenvalue weighted by Gasteiger charge is -2.27. The van der Waals surface area contributed by atoms with Gasteiger partial charge >= 0.3 is 0 Å². The molecule has 2 aromatic carbocycles. The number of rotatable bonds is 4. The van der Waals surface area contributed by atoms with Gasteiger partial charge < -0.3 is 0 Å². The molecule has 2 amide bonds. The summed E-state index contributed by atoms with van der Waals surface area (Å²) >= 11 is 1.48. The van der Waals surface area contributed by atoms with Crippen LogP contribution in [0.1, 0.15) is 10.9 Å². The summed E-state index contributed by atoms with van der Waals surface area (Å²) in [5.41, 5.74) is 0.730. The quantitative estimate of drug-likeness (QED) is 0.362. The Morgan fingerprint density at radius 1 is 0.933 bits per heavy atom. The van der Waals surface area contributed by atoms with Crippen LogP contribution in [0.5, 0.6) is 0 Å². The van der Waals surface area contributed by atoms with Crippen LogP contribution in [0.15, 0.2) is 72.1 Å². The smallest absolute Gasteiger partial charge is 0.271 e. The van der Waals surface area contributed by atoms with E-state index < -0.39 is 34.8 Å². The fourth-order valence-electron chi connectivity index (χ4n) is 3.96. The Balaban J connectivity index is 1.56. The Kier molecular flexibility index (Phi) is 4.34. The molecule has 0 radical (unpaired) electrons. The highest BCUT2D eigenvalue weighted by Crippen LogP contribution is 2.48. The molecule has 0 bridgehead atoms. The zero-order valence-corrected chi connectivity index (χ0v) is 16.3. The number of nitro benzene ring substituents is 1. The van der Waals surface area contributed by atoms with Crippen LogP contribution in [-0.4, -0.2) is 22.8 Å². The number of nitro groups is 1. The number of carbonyl (C=O) groups excluding carboxylic acids is 2. The molecule has 0 N–H and O–H groups in total. The van der Waals surface area contributed by atoms with Crippen LogP contribution in [0.4, 0.5) is 17.1 Å². The Bertz CT molecular complexity index is 1130. The fraction of sp³-hybridized carbons (Fsp3) is 0.143. The van der Waals surface area contributed by atoms with E-state index in [0.29, 0.717) is 0 Å². The van der Waals surface area contributed by atoms with E-state index in [0.717, 1.165) is 15.5 Å². The molecule has 0 aliphatic carbocycles. The van der Waals surface area contributed by atoms with Crippen LogP contribution in [-0.2, 0) is 14.4 Å². The number of hydroxylamine groups is 1. The number of hydrogen-bond donors (Lipinski definition) is 0. The van der Waals surface area contributed by atoms with Gasteiger partial charge in [0.25, 0.3) is 11.6 Å². The zero-order chi connectivity index (χ0) is 20.8. The van der Waals surface area contributed by atoms with Gasteiger partial charge in [0.2, 0.25) is 5.91 Å². The minimum Gasteiger partial charge on any atom is -0.273 e. The first-order valence-electron chi connectivity index (χ1n) is 9.23. The second-order valence-corrected chi connectivity index (χ2v) is 7.94. The summed E-state index contributed by atoms with van der Waals surface area (Å²) in [6.45, 7) is 0. The van der Waals surface area contributed by atoms with Crippen LogP contribution in [0, 0.1) is 16.0 Å². The summed E-state index contributed by atoms with van der Waals surface area (Å²) < 4.78 is 0. The topological polar surface area (TPSA) is 93.0 Å². The molecule has 9 heteroatoms. The van der Waals surface area contributed by atoms with Crippen molar-refractivity contribution in [3.63, 3.8) is 0 Å². The molecule has 0 spiro atoms. The number of benzene rings is 2. The molecule has 2 aliphatic rings. The molecule has 5 rings (SSSR count). The molecule has 0 unspecified atom stereocenters. The first-order valence-corrected chi connectivity index (χ1v) is 10.1. The lowest BCUT2D eigenvalue weighted by molar-refractivity contribution is -0.384. The number of anilines is 2. The second-order valence-electron chi connectivity index (χ2n) is 6.96. The minimum atomic E-state index is -0.996. The van der Waals surface area contributed by atoms with E-state index >= 15 is 0 Å². The highest BCUT2D eigenvalue weighted by molar-refractivity contribution is 7.10. The predicted octanol–water partition coefficient (Wildman–Crippen LogP) is 3.71. The highest BCUT2D eigenvalue weighted by Gasteiger charge is 2.60. The van der Waals surface area contributed by atoms with E-state index in [9.17, 15) is 19.7 Å². The normalized spacial score (nSPS) is 23.1. The van der Waals surface area contributed by atoms with Crippen molar-refractivity contribution >= 4 is 40.2 Å². The van der Waals surface area contributed by atoms with E-state index in [1.165, 1.54) is 35.6 Å². The van der Waals surface area contributed by atoms with Crippen molar-refractivity contribution < 1.29 is 19.3 Å². The molecule has 3 atom stereocenters. The molecule has 2 fully saturated rings. The molecule has 3 heterocycles. The monoisotopic (exact) mass is 421 g/mol. The van der Waals surface area contributed by atoms with Crippen LogP contribution >= 0.6 is 11.3 Å². The van der Waals surface area contributed by atoms with Crippen LogP contribution < -0.4 is 9.96 Å². The number of carbonyl (C=O) groups is 2. The van der Waals surface area contributed by atoms with Gasteiger partial charge in [-0.25, -0.2) is 9.96 Å². The van der Waals surface area contributed by atoms with Crippen molar-refractivity contribution in [3.8, 4) is 0 Å². The third-order valence-electron chi connectivity index (χ3n) is 5.26. The molecule has 30 heavy (non-hydrogen) atoms. The third kappa shape index (κ3) is 2.78. The van der Waals surface area contributed by atoms with Gasteiger partial charge in [-0.3, -0.25) is 24.5 Å². The number of para-hydroxylation sites is 1. The summed E-state index contributed by atoms with van der Waals surface area (Å²) in [4.78, 5) is 45.0. The third-order valence-corrected chi connectivity index (χ3v) is 6.20. The van der Waals surface area contributed by atoms with Crippen LogP contribution in [0.25, 0.3) is 0 Å². The van der Waals surface area contributed by atoms with Gasteiger partial charge in [0.15, 0.2) is 6.10 Å². The Morgan fingerprint density at radius 3 is 2.40 bits per heavy atom. The Morgan fingerprint density at radius 2 is 1.70 bits per heavy atom. The maximum absolute atomic E-state index is 13.4. The van der Waals surface area contributed by atoms with Crippen molar-refractivity contribution in [1.82, 2.24) is 0 Å². The second kappa shape index (κ2) is 7.05. The molecule has 3 aromatic rings. The number of fused-ring (bicyclic) bond motifs is 1. The first kappa shape index (κ1) is 18.5. The summed E-state index contributed by atoms with van der Waals surface area (Å²) in [6, 6.07) is 18.1. The zero-order valence-electron chi connectivity index (χ0n) is 15.5. The summed E-state index contributed by atoms with van der Waals surface area (Å²) in [5, 5.41) is 14.7. The van der Waals surface area contributed by atoms with Crippen molar-refractivity contribution in [1.29, 1.82) is 0 Å². The number of imide groups is 1. The lowest BCUT2D eigenvalue weighted by Crippen LogP contribution is -2.37. The van der Waals surface area contributed by atoms with Crippen molar-refractivity contribution in [3.05, 3.63) is 87.1 Å². The van der Waals surface area contributed by atoms with Gasteiger partial charge in [0, 0.05) is 17.0 Å². The lowest BCUT2D eigenvalue weighted by atomic mass is 9.95. The molecule has 1 aromatic heterocycles. The van der Waals surface area contributed by atoms with Crippen molar-refractivity contribution in [2.24, 2.45) is 5.92 Å². The molecular formula is C21H15N3O5S. The first-order chi connectivity index (χ1) is 14.6. The van der Waals surface area contributed by atoms with Gasteiger partial charge in [-0.1, -0.05) is 30.3 Å². The Hall–Kier alpha value is -3.56. The minimum absolute atomic E-state index is 0.174. The molecule has 0 saturated carbocycles. The van der Waals surface area contributed by atoms with Crippen molar-refractivity contribution in [2.45, 2.75) is 12.1 Å². The highest BCUT2D eigenvalue weighted by atomic mass is 32.1. The SMILES string of the molecule is O=C1[C@@H]2[C@@H](ON(c3ccccc3)[C@H]2c2cccs2)C(=O)N1c1cccc([N+](=O)[O-])c1. The molecular weight excluding hydrogens is 406 g/mol. The molecule has 8 nitrogen and oxygen atoms in total. The van der Waals surface area contributed by atoms with E-state index in [-0.39, 0.29) is 11.4 Å². The largest absolute Gasteiger partial charge is 0.273 e. The van der Waals surface area contributed by atoms with E-state index in [2.05, 4.69) is 0 Å². The summed E-state index contributed by atoms with van der Waals surface area (Å²) in [7, 11) is 0. The average Bonchev–Trinajstić information content (AvgIpc) is 3.46. The van der Waals surface area contributed by atoms with Gasteiger partial charge in [-0.15, -0.1) is 11.3 Å². The molecule has 2 saturated heterocycles. The Labute approximate surface area is 175 Å². The predicted molar refractivity (Wildman–Crippen MR) is 110 cm³/mol. The van der Waals surface area contributed by atoms with Gasteiger partial charge in [-0.05, 0) is 29.6 Å². The number of hydrogen-bond acceptors (Lipinski definition) is 7. The van der Waals surface area contributed by atoms with Crippen LogP contribution in [0.2, 0.25) is 0 Å². The number of amides is 2. The standard InChI is InChI=1S/C21H15N3O5S/c25-20-17-18(16-10-5-11-30-16)23(13-6-2-1-3-7-13)29-19(17)21(26)22(20)14-8-4-9-15(12-14)24(27)28/h1-12,17-19H/t17-,18-,19+/m0/s1. The van der Waals surface area contributed by atoms with Gasteiger partial charge in [-0.2, -0.15) is 0 Å². The summed E-state index contributed by atoms with van der Waals surface area (Å²) in [6.07, 6.45) is -0.996. The number of non-ortho nitro benzene ring substituents is 1. The summed E-state index contributed by atoms with van der Waals surface area (Å²) in [5.74, 6) is -1.71. The maximum Gasteiger partial charge on any atom is 0.271 e. The maximum atomic E-state index is 13.4. The average molecular weight is 421 g/mol. The van der Waals surface area contributed by atoms with Crippen molar-refractivity contribution in [2.75, 3.05) is 9.96 Å². The van der Waals surface area contributed by atoms with E-state index in [4.69, 9.17) is 4.84 Å². The fourth-order valence-corrected chi connectivity index (χ4v) is 4.81. The molecule has 150 valence electrons. The number of nitrogens with zero attached hydrogens (tertiary/aromatic N) is 3. The molecule has 2 aliphatic heterocycles.